The van der Waals surface area contributed by atoms with Crippen LogP contribution in [0.3, 0.4) is 0 Å². The molecule has 0 saturated carbocycles. The fourth-order valence-corrected chi connectivity index (χ4v) is 2.64. The van der Waals surface area contributed by atoms with E-state index in [1.54, 1.807) is 18.4 Å². The molecule has 0 aliphatic carbocycles. The number of nitrogens with two attached hydrogens (primary N) is 1. The predicted molar refractivity (Wildman–Crippen MR) is 114 cm³/mol. The first-order valence-electron chi connectivity index (χ1n) is 8.73. The molecule has 0 spiro atoms. The quantitative estimate of drug-likeness (QED) is 0.575. The van der Waals surface area contributed by atoms with Gasteiger partial charge in [0.05, 0.1) is 0 Å². The zero-order valence-electron chi connectivity index (χ0n) is 16.2. The van der Waals surface area contributed by atoms with Crippen LogP contribution >= 0.6 is 11.6 Å². The van der Waals surface area contributed by atoms with Gasteiger partial charge in [0.1, 0.15) is 24.6 Å². The molecule has 0 amide bonds. The molecule has 2 rings (SSSR count). The summed E-state index contributed by atoms with van der Waals surface area (Å²) in [6.07, 6.45) is 4.05. The summed E-state index contributed by atoms with van der Waals surface area (Å²) in [7, 11) is 0. The third-order valence-corrected chi connectivity index (χ3v) is 4.11. The van der Waals surface area contributed by atoms with Crippen LogP contribution in [0, 0.1) is 6.57 Å². The van der Waals surface area contributed by atoms with E-state index in [1.807, 2.05) is 13.0 Å². The van der Waals surface area contributed by atoms with Crippen LogP contribution < -0.4 is 11.1 Å². The van der Waals surface area contributed by atoms with E-state index < -0.39 is 11.9 Å². The molecule has 156 valence electrons. The lowest BCUT2D eigenvalue weighted by Crippen LogP contribution is -2.13. The van der Waals surface area contributed by atoms with E-state index in [1.165, 1.54) is 6.07 Å². The molecule has 0 radical (unpaired) electrons. The number of nitrogens with one attached hydrogen (secondary N) is 1. The molecule has 9 heteroatoms. The van der Waals surface area contributed by atoms with E-state index in [2.05, 4.69) is 26.7 Å². The molecule has 0 bridgehead atoms. The normalized spacial score (nSPS) is 16.2. The van der Waals surface area contributed by atoms with Crippen LogP contribution in [0.2, 0.25) is 0 Å². The summed E-state index contributed by atoms with van der Waals surface area (Å²) in [5.74, 6) is 0.731. The number of allylic oxidation sites excluding steroid dienone is 5. The van der Waals surface area contributed by atoms with Gasteiger partial charge >= 0.3 is 12.0 Å². The first-order chi connectivity index (χ1) is 14.1. The SMILES string of the molecule is C#[N+]/C(=C\C=C(/C)CC1=CN=C(N)/C1=C\C(=C)Cl)NCc1ccc(C(F)(F)F)nc1. The molecule has 5 nitrogen and oxygen atoms in total. The minimum Gasteiger partial charge on any atom is -0.383 e. The lowest BCUT2D eigenvalue weighted by atomic mass is 10.00. The lowest BCUT2D eigenvalue weighted by molar-refractivity contribution is -0.141. The standard InChI is InChI=1S/C21H20ClF3N5/c1-13(8-16-12-30-20(26)17(16)9-14(2)22)4-7-19(27-3)29-11-15-5-6-18(28-10-15)21(23,24)25/h3-7,9-10,12,29H,2,8,11H2,1H3,(H2,26,30)/q+1/b13-4+,17-9-,19-7+. The summed E-state index contributed by atoms with van der Waals surface area (Å²) >= 11 is 5.84. The molecule has 1 aliphatic heterocycles. The third-order valence-electron chi connectivity index (χ3n) is 4.01. The molecular weight excluding hydrogens is 415 g/mol. The summed E-state index contributed by atoms with van der Waals surface area (Å²) in [5, 5.41) is 3.29. The van der Waals surface area contributed by atoms with Gasteiger partial charge in [0.25, 0.3) is 0 Å². The highest BCUT2D eigenvalue weighted by atomic mass is 35.5. The van der Waals surface area contributed by atoms with Gasteiger partial charge in [-0.1, -0.05) is 35.9 Å². The van der Waals surface area contributed by atoms with Gasteiger partial charge in [-0.3, -0.25) is 10.3 Å². The fourth-order valence-electron chi connectivity index (χ4n) is 2.53. The number of amidine groups is 1. The van der Waals surface area contributed by atoms with Gasteiger partial charge < -0.3 is 5.73 Å². The minimum atomic E-state index is -4.47. The summed E-state index contributed by atoms with van der Waals surface area (Å²) in [4.78, 5) is 11.1. The van der Waals surface area contributed by atoms with E-state index in [4.69, 9.17) is 23.9 Å². The summed E-state index contributed by atoms with van der Waals surface area (Å²) in [5.41, 5.74) is 8.05. The van der Waals surface area contributed by atoms with Crippen molar-refractivity contribution in [1.82, 2.24) is 10.3 Å². The Bertz CT molecular complexity index is 1010. The number of alkyl halides is 3. The van der Waals surface area contributed by atoms with Crippen LogP contribution in [0.25, 0.3) is 4.85 Å². The van der Waals surface area contributed by atoms with Crippen molar-refractivity contribution in [3.63, 3.8) is 0 Å². The van der Waals surface area contributed by atoms with Crippen molar-refractivity contribution >= 4 is 17.4 Å². The van der Waals surface area contributed by atoms with Gasteiger partial charge in [0.2, 0.25) is 0 Å². The lowest BCUT2D eigenvalue weighted by Gasteiger charge is -2.06. The molecule has 0 aromatic carbocycles. The van der Waals surface area contributed by atoms with Crippen LogP contribution in [-0.2, 0) is 12.7 Å². The van der Waals surface area contributed by atoms with Gasteiger partial charge in [0, 0.05) is 34.6 Å². The van der Waals surface area contributed by atoms with Crippen molar-refractivity contribution in [2.45, 2.75) is 26.1 Å². The van der Waals surface area contributed by atoms with Crippen LogP contribution in [0.4, 0.5) is 13.2 Å². The summed E-state index contributed by atoms with van der Waals surface area (Å²) in [6, 6.07) is 2.27. The highest BCUT2D eigenvalue weighted by Crippen LogP contribution is 2.27. The number of nitrogens with zero attached hydrogens (tertiary/aromatic N) is 3. The van der Waals surface area contributed by atoms with Gasteiger partial charge in [-0.05, 0) is 31.1 Å². The zero-order valence-corrected chi connectivity index (χ0v) is 16.9. The highest BCUT2D eigenvalue weighted by Gasteiger charge is 2.32. The Kier molecular flexibility index (Phi) is 7.61. The molecule has 0 unspecified atom stereocenters. The van der Waals surface area contributed by atoms with Crippen molar-refractivity contribution in [3.8, 4) is 6.57 Å². The number of aliphatic imine (C=N–C) groups is 1. The Morgan fingerprint density at radius 2 is 2.10 bits per heavy atom. The van der Waals surface area contributed by atoms with Gasteiger partial charge in [-0.15, -0.1) is 0 Å². The fraction of sp³-hybridized carbons (Fsp3) is 0.190. The first-order valence-corrected chi connectivity index (χ1v) is 9.11. The summed E-state index contributed by atoms with van der Waals surface area (Å²) in [6.45, 7) is 11.1. The predicted octanol–water partition coefficient (Wildman–Crippen LogP) is 5.26. The van der Waals surface area contributed by atoms with E-state index in [0.29, 0.717) is 28.7 Å². The van der Waals surface area contributed by atoms with Gasteiger partial charge in [-0.25, -0.2) is 4.99 Å². The number of hydrogen-bond donors (Lipinski definition) is 2. The van der Waals surface area contributed by atoms with E-state index in [9.17, 15) is 13.2 Å². The van der Waals surface area contributed by atoms with E-state index in [0.717, 1.165) is 29.0 Å². The van der Waals surface area contributed by atoms with Crippen molar-refractivity contribution in [3.05, 3.63) is 93.0 Å². The second-order valence-corrected chi connectivity index (χ2v) is 6.93. The molecule has 0 saturated heterocycles. The molecule has 1 aromatic heterocycles. The van der Waals surface area contributed by atoms with Gasteiger partial charge in [-0.2, -0.15) is 18.0 Å². The summed E-state index contributed by atoms with van der Waals surface area (Å²) < 4.78 is 37.7. The average molecular weight is 435 g/mol. The maximum absolute atomic E-state index is 12.6. The monoisotopic (exact) mass is 434 g/mol. The number of hydrogen-bond acceptors (Lipinski definition) is 4. The second kappa shape index (κ2) is 9.94. The maximum atomic E-state index is 12.6. The number of rotatable bonds is 7. The second-order valence-electron chi connectivity index (χ2n) is 6.45. The molecule has 30 heavy (non-hydrogen) atoms. The zero-order chi connectivity index (χ0) is 22.3. The molecular formula is C21H20ClF3N5+. The Morgan fingerprint density at radius 3 is 2.67 bits per heavy atom. The number of pyridine rings is 1. The molecule has 1 aromatic rings. The Hall–Kier alpha value is -3.31. The Labute approximate surface area is 177 Å². The van der Waals surface area contributed by atoms with Crippen molar-refractivity contribution < 1.29 is 13.2 Å². The van der Waals surface area contributed by atoms with Crippen molar-refractivity contribution in [2.75, 3.05) is 0 Å². The van der Waals surface area contributed by atoms with Crippen LogP contribution in [-0.4, -0.2) is 10.8 Å². The first kappa shape index (κ1) is 23.0. The molecule has 3 N–H and O–H groups in total. The minimum absolute atomic E-state index is 0.213. The van der Waals surface area contributed by atoms with Crippen LogP contribution in [0.15, 0.2) is 81.9 Å². The molecule has 1 aliphatic rings. The number of halogens is 4. The van der Waals surface area contributed by atoms with Crippen LogP contribution in [0.1, 0.15) is 24.6 Å². The van der Waals surface area contributed by atoms with Crippen molar-refractivity contribution in [1.29, 1.82) is 0 Å². The van der Waals surface area contributed by atoms with Gasteiger partial charge in [0.15, 0.2) is 0 Å². The number of aromatic nitrogens is 1. The smallest absolute Gasteiger partial charge is 0.383 e. The average Bonchev–Trinajstić information content (AvgIpc) is 3.00. The van der Waals surface area contributed by atoms with Crippen molar-refractivity contribution in [2.24, 2.45) is 10.7 Å². The largest absolute Gasteiger partial charge is 0.433 e. The topological polar surface area (TPSA) is 67.7 Å². The third kappa shape index (κ3) is 6.64. The Morgan fingerprint density at radius 1 is 1.37 bits per heavy atom. The Balaban J connectivity index is 2.00. The molecule has 0 atom stereocenters. The van der Waals surface area contributed by atoms with E-state index >= 15 is 0 Å². The van der Waals surface area contributed by atoms with E-state index in [-0.39, 0.29) is 6.54 Å². The van der Waals surface area contributed by atoms with Crippen LogP contribution in [0.5, 0.6) is 0 Å². The maximum Gasteiger partial charge on any atom is 0.433 e. The molecule has 0 fully saturated rings. The molecule has 2 heterocycles. The highest BCUT2D eigenvalue weighted by molar-refractivity contribution is 6.31.